The normalized spacial score (nSPS) is 14.1. The number of nitrogens with two attached hydrogens (primary N) is 1. The summed E-state index contributed by atoms with van der Waals surface area (Å²) in [6.07, 6.45) is 0. The fraction of sp³-hybridized carbons (Fsp3) is 0.750. The van der Waals surface area contributed by atoms with Crippen molar-refractivity contribution in [2.24, 2.45) is 5.14 Å². The Balaban J connectivity index is 4.09. The summed E-state index contributed by atoms with van der Waals surface area (Å²) in [6.45, 7) is 1.39. The van der Waals surface area contributed by atoms with E-state index < -0.39 is 22.2 Å². The summed E-state index contributed by atoms with van der Waals surface area (Å²) in [6, 6.07) is -0.838. The SMILES string of the molecule is CNC(=O)C(C)NS(N)(=O)=O. The Morgan fingerprint density at radius 3 is 2.27 bits per heavy atom. The largest absolute Gasteiger partial charge is 0.358 e. The first-order valence-corrected chi connectivity index (χ1v) is 4.43. The minimum absolute atomic E-state index is 0.431. The van der Waals surface area contributed by atoms with E-state index >= 15 is 0 Å². The Labute approximate surface area is 65.3 Å². The Morgan fingerprint density at radius 1 is 1.55 bits per heavy atom. The van der Waals surface area contributed by atoms with E-state index in [4.69, 9.17) is 0 Å². The lowest BCUT2D eigenvalue weighted by molar-refractivity contribution is -0.121. The minimum Gasteiger partial charge on any atom is -0.358 e. The molecule has 0 aliphatic rings. The first-order chi connectivity index (χ1) is 4.87. The topological polar surface area (TPSA) is 101 Å². The van der Waals surface area contributed by atoms with Crippen LogP contribution in [0.3, 0.4) is 0 Å². The molecule has 0 rings (SSSR count). The zero-order valence-corrected chi connectivity index (χ0v) is 7.10. The van der Waals surface area contributed by atoms with E-state index in [2.05, 4.69) is 10.5 Å². The predicted octanol–water partition coefficient (Wildman–Crippen LogP) is -2.09. The maximum absolute atomic E-state index is 10.7. The fourth-order valence-corrected chi connectivity index (χ4v) is 1.12. The van der Waals surface area contributed by atoms with Crippen LogP contribution >= 0.6 is 0 Å². The zero-order chi connectivity index (χ0) is 9.07. The van der Waals surface area contributed by atoms with Crippen LogP contribution in [0.5, 0.6) is 0 Å². The molecule has 0 aliphatic carbocycles. The lowest BCUT2D eigenvalue weighted by atomic mass is 10.3. The minimum atomic E-state index is -3.79. The second kappa shape index (κ2) is 3.65. The highest BCUT2D eigenvalue weighted by Gasteiger charge is 2.14. The van der Waals surface area contributed by atoms with Gasteiger partial charge in [-0.05, 0) is 6.92 Å². The van der Waals surface area contributed by atoms with Crippen molar-refractivity contribution in [3.05, 3.63) is 0 Å². The van der Waals surface area contributed by atoms with Gasteiger partial charge in [-0.2, -0.15) is 13.1 Å². The zero-order valence-electron chi connectivity index (χ0n) is 6.29. The van der Waals surface area contributed by atoms with Gasteiger partial charge in [-0.3, -0.25) is 4.79 Å². The van der Waals surface area contributed by atoms with Crippen molar-refractivity contribution in [2.75, 3.05) is 7.05 Å². The summed E-state index contributed by atoms with van der Waals surface area (Å²) < 4.78 is 22.6. The molecule has 0 fully saturated rings. The van der Waals surface area contributed by atoms with Gasteiger partial charge < -0.3 is 5.32 Å². The van der Waals surface area contributed by atoms with Gasteiger partial charge in [-0.1, -0.05) is 0 Å². The molecule has 66 valence electrons. The van der Waals surface area contributed by atoms with E-state index in [1.165, 1.54) is 14.0 Å². The molecule has 0 aromatic rings. The molecule has 7 heteroatoms. The second-order valence-corrected chi connectivity index (χ2v) is 3.32. The predicted molar refractivity (Wildman–Crippen MR) is 39.8 cm³/mol. The molecular weight excluding hydrogens is 170 g/mol. The molecule has 1 amide bonds. The third-order valence-electron chi connectivity index (χ3n) is 0.981. The molecule has 0 aromatic carbocycles. The number of likely N-dealkylation sites (N-methyl/N-ethyl adjacent to an activating group) is 1. The highest BCUT2D eigenvalue weighted by atomic mass is 32.2. The molecule has 6 nitrogen and oxygen atoms in total. The van der Waals surface area contributed by atoms with Crippen molar-refractivity contribution in [1.82, 2.24) is 10.0 Å². The maximum Gasteiger partial charge on any atom is 0.275 e. The molecular formula is C4H11N3O3S. The van der Waals surface area contributed by atoms with Gasteiger partial charge in [-0.25, -0.2) is 5.14 Å². The summed E-state index contributed by atoms with van der Waals surface area (Å²) in [7, 11) is -2.38. The van der Waals surface area contributed by atoms with Crippen molar-refractivity contribution < 1.29 is 13.2 Å². The standard InChI is InChI=1S/C4H11N3O3S/c1-3(4(8)6-2)7-11(5,9)10/h3,7H,1-2H3,(H,6,8)(H2,5,9,10). The molecule has 0 saturated heterocycles. The maximum atomic E-state index is 10.7. The molecule has 1 atom stereocenters. The molecule has 4 N–H and O–H groups in total. The van der Waals surface area contributed by atoms with E-state index in [1.807, 2.05) is 4.72 Å². The lowest BCUT2D eigenvalue weighted by Gasteiger charge is -2.08. The highest BCUT2D eigenvalue weighted by molar-refractivity contribution is 7.87. The number of amides is 1. The Kier molecular flexibility index (Phi) is 3.43. The number of hydrogen-bond acceptors (Lipinski definition) is 3. The Hall–Kier alpha value is -0.660. The van der Waals surface area contributed by atoms with Crippen LogP contribution in [0.15, 0.2) is 0 Å². The van der Waals surface area contributed by atoms with Crippen LogP contribution in [0, 0.1) is 0 Å². The molecule has 0 bridgehead atoms. The molecule has 0 heterocycles. The van der Waals surface area contributed by atoms with Crippen LogP contribution in [0.25, 0.3) is 0 Å². The molecule has 0 spiro atoms. The average molecular weight is 181 g/mol. The van der Waals surface area contributed by atoms with E-state index in [0.29, 0.717) is 0 Å². The number of carbonyl (C=O) groups is 1. The Bertz CT molecular complexity index is 235. The van der Waals surface area contributed by atoms with Crippen LogP contribution in [-0.4, -0.2) is 27.4 Å². The van der Waals surface area contributed by atoms with Crippen molar-refractivity contribution in [3.8, 4) is 0 Å². The molecule has 1 unspecified atom stereocenters. The van der Waals surface area contributed by atoms with Gasteiger partial charge in [0.15, 0.2) is 0 Å². The molecule has 0 aromatic heterocycles. The van der Waals surface area contributed by atoms with Gasteiger partial charge >= 0.3 is 0 Å². The van der Waals surface area contributed by atoms with Crippen molar-refractivity contribution >= 4 is 16.1 Å². The number of rotatable bonds is 3. The van der Waals surface area contributed by atoms with Gasteiger partial charge in [0.25, 0.3) is 10.2 Å². The third-order valence-corrected chi connectivity index (χ3v) is 1.66. The average Bonchev–Trinajstić information content (AvgIpc) is 1.82. The van der Waals surface area contributed by atoms with E-state index in [1.54, 1.807) is 0 Å². The summed E-state index contributed by atoms with van der Waals surface area (Å²) in [5.41, 5.74) is 0. The van der Waals surface area contributed by atoms with Gasteiger partial charge in [0, 0.05) is 7.05 Å². The first kappa shape index (κ1) is 10.3. The summed E-state index contributed by atoms with van der Waals surface area (Å²) in [5, 5.41) is 6.88. The van der Waals surface area contributed by atoms with Crippen LogP contribution in [0.4, 0.5) is 0 Å². The van der Waals surface area contributed by atoms with E-state index in [9.17, 15) is 13.2 Å². The van der Waals surface area contributed by atoms with Gasteiger partial charge in [0.2, 0.25) is 5.91 Å². The van der Waals surface area contributed by atoms with Crippen LogP contribution in [-0.2, 0) is 15.0 Å². The number of carbonyl (C=O) groups excluding carboxylic acids is 1. The van der Waals surface area contributed by atoms with Crippen molar-refractivity contribution in [2.45, 2.75) is 13.0 Å². The molecule has 11 heavy (non-hydrogen) atoms. The molecule has 0 radical (unpaired) electrons. The second-order valence-electron chi connectivity index (χ2n) is 2.00. The van der Waals surface area contributed by atoms with Crippen molar-refractivity contribution in [1.29, 1.82) is 0 Å². The highest BCUT2D eigenvalue weighted by Crippen LogP contribution is 1.81. The van der Waals surface area contributed by atoms with Gasteiger partial charge in [-0.15, -0.1) is 0 Å². The fourth-order valence-electron chi connectivity index (χ4n) is 0.516. The van der Waals surface area contributed by atoms with E-state index in [-0.39, 0.29) is 0 Å². The summed E-state index contributed by atoms with van der Waals surface area (Å²) in [5.74, 6) is -0.431. The van der Waals surface area contributed by atoms with Gasteiger partial charge in [0.05, 0.1) is 6.04 Å². The smallest absolute Gasteiger partial charge is 0.275 e. The first-order valence-electron chi connectivity index (χ1n) is 2.88. The quantitative estimate of drug-likeness (QED) is 0.465. The number of nitrogens with one attached hydrogen (secondary N) is 2. The molecule has 0 aliphatic heterocycles. The molecule has 0 saturated carbocycles. The van der Waals surface area contributed by atoms with E-state index in [0.717, 1.165) is 0 Å². The Morgan fingerprint density at radius 2 is 2.00 bits per heavy atom. The lowest BCUT2D eigenvalue weighted by Crippen LogP contribution is -2.46. The van der Waals surface area contributed by atoms with Crippen molar-refractivity contribution in [3.63, 3.8) is 0 Å². The van der Waals surface area contributed by atoms with Crippen LogP contribution in [0.1, 0.15) is 6.92 Å². The van der Waals surface area contributed by atoms with Crippen LogP contribution < -0.4 is 15.2 Å². The summed E-state index contributed by atoms with van der Waals surface area (Å²) in [4.78, 5) is 10.7. The van der Waals surface area contributed by atoms with Gasteiger partial charge in [0.1, 0.15) is 0 Å². The monoisotopic (exact) mass is 181 g/mol. The summed E-state index contributed by atoms with van der Waals surface area (Å²) >= 11 is 0. The third kappa shape index (κ3) is 4.71. The van der Waals surface area contributed by atoms with Crippen LogP contribution in [0.2, 0.25) is 0 Å². The number of hydrogen-bond donors (Lipinski definition) is 3.